The Morgan fingerprint density at radius 1 is 1.25 bits per heavy atom. The van der Waals surface area contributed by atoms with Gasteiger partial charge in [0, 0.05) is 45.1 Å². The van der Waals surface area contributed by atoms with Gasteiger partial charge in [0.1, 0.15) is 5.82 Å². The van der Waals surface area contributed by atoms with Crippen molar-refractivity contribution in [2.45, 2.75) is 26.2 Å². The topological polar surface area (TPSA) is 46.0 Å². The van der Waals surface area contributed by atoms with Crippen LogP contribution >= 0.6 is 0 Å². The van der Waals surface area contributed by atoms with E-state index in [-0.39, 0.29) is 5.91 Å². The Morgan fingerprint density at radius 2 is 2.00 bits per heavy atom. The molecule has 0 aromatic carbocycles. The molecule has 2 aromatic heterocycles. The van der Waals surface area contributed by atoms with Crippen molar-refractivity contribution in [3.8, 4) is 0 Å². The molecule has 1 N–H and O–H groups in total. The lowest BCUT2D eigenvalue weighted by atomic mass is 9.99. The van der Waals surface area contributed by atoms with E-state index in [1.165, 1.54) is 18.7 Å². The molecule has 1 fully saturated rings. The number of anilines is 1. The molecule has 3 heterocycles. The maximum absolute atomic E-state index is 12.3. The second kappa shape index (κ2) is 7.71. The molecule has 1 aliphatic rings. The van der Waals surface area contributed by atoms with Gasteiger partial charge < -0.3 is 19.4 Å². The average molecular weight is 329 g/mol. The number of hydrogen-bond acceptors (Lipinski definition) is 3. The van der Waals surface area contributed by atoms with Crippen molar-refractivity contribution < 1.29 is 9.53 Å². The summed E-state index contributed by atoms with van der Waals surface area (Å²) in [6.07, 6.45) is 5.24. The number of aromatic nitrogens is 1. The number of fused-ring (bicyclic) bond motifs is 1. The normalized spacial score (nSPS) is 15.8. The van der Waals surface area contributed by atoms with E-state index in [9.17, 15) is 4.79 Å². The third-order valence-electron chi connectivity index (χ3n) is 4.81. The third kappa shape index (κ3) is 3.73. The Kier molecular flexibility index (Phi) is 5.41. The van der Waals surface area contributed by atoms with Gasteiger partial charge >= 0.3 is 0 Å². The molecule has 0 spiro atoms. The number of rotatable bonds is 6. The summed E-state index contributed by atoms with van der Waals surface area (Å²) in [6.45, 7) is 5.78. The minimum Gasteiger partial charge on any atom is -0.385 e. The number of methoxy groups -OCH3 is 1. The second-order valence-electron chi connectivity index (χ2n) is 6.68. The van der Waals surface area contributed by atoms with Crippen molar-refractivity contribution >= 4 is 17.2 Å². The van der Waals surface area contributed by atoms with Gasteiger partial charge in [0.25, 0.3) is 5.91 Å². The SMILES string of the molecule is COCCCNC(=O)c1ccc2ccc(N3CCC(C)CC3)n2c1. The Morgan fingerprint density at radius 3 is 2.75 bits per heavy atom. The summed E-state index contributed by atoms with van der Waals surface area (Å²) in [5.74, 6) is 1.96. The Bertz CT molecular complexity index is 687. The lowest BCUT2D eigenvalue weighted by Crippen LogP contribution is -2.33. The maximum Gasteiger partial charge on any atom is 0.252 e. The number of nitrogens with one attached hydrogen (secondary N) is 1. The third-order valence-corrected chi connectivity index (χ3v) is 4.81. The van der Waals surface area contributed by atoms with Gasteiger partial charge in [-0.1, -0.05) is 6.92 Å². The van der Waals surface area contributed by atoms with Crippen LogP contribution in [0.1, 0.15) is 36.5 Å². The summed E-state index contributed by atoms with van der Waals surface area (Å²) in [7, 11) is 1.67. The molecule has 0 saturated carbocycles. The zero-order valence-electron chi connectivity index (χ0n) is 14.6. The largest absolute Gasteiger partial charge is 0.385 e. The number of amides is 1. The van der Waals surface area contributed by atoms with Crippen LogP contribution in [-0.2, 0) is 4.74 Å². The highest BCUT2D eigenvalue weighted by atomic mass is 16.5. The summed E-state index contributed by atoms with van der Waals surface area (Å²) in [4.78, 5) is 14.7. The number of piperidine rings is 1. The zero-order valence-corrected chi connectivity index (χ0v) is 14.6. The van der Waals surface area contributed by atoms with E-state index in [1.54, 1.807) is 7.11 Å². The van der Waals surface area contributed by atoms with Crippen LogP contribution < -0.4 is 10.2 Å². The highest BCUT2D eigenvalue weighted by Crippen LogP contribution is 2.25. The van der Waals surface area contributed by atoms with Crippen LogP contribution in [0.25, 0.3) is 5.52 Å². The number of nitrogens with zero attached hydrogens (tertiary/aromatic N) is 2. The van der Waals surface area contributed by atoms with Crippen LogP contribution in [0.3, 0.4) is 0 Å². The first-order valence-electron chi connectivity index (χ1n) is 8.82. The molecule has 5 heteroatoms. The molecule has 5 nitrogen and oxygen atoms in total. The van der Waals surface area contributed by atoms with Crippen LogP contribution in [0.5, 0.6) is 0 Å². The molecule has 24 heavy (non-hydrogen) atoms. The van der Waals surface area contributed by atoms with Crippen molar-refractivity contribution in [2.75, 3.05) is 38.3 Å². The number of hydrogen-bond donors (Lipinski definition) is 1. The van der Waals surface area contributed by atoms with Crippen LogP contribution in [0.2, 0.25) is 0 Å². The minimum atomic E-state index is -0.0279. The maximum atomic E-state index is 12.3. The lowest BCUT2D eigenvalue weighted by Gasteiger charge is -2.31. The minimum absolute atomic E-state index is 0.0279. The number of ether oxygens (including phenoxy) is 1. The van der Waals surface area contributed by atoms with Gasteiger partial charge in [-0.3, -0.25) is 4.79 Å². The predicted octanol–water partition coefficient (Wildman–Crippen LogP) is 2.94. The van der Waals surface area contributed by atoms with E-state index >= 15 is 0 Å². The molecular formula is C19H27N3O2. The fraction of sp³-hybridized carbons (Fsp3) is 0.526. The van der Waals surface area contributed by atoms with Crippen LogP contribution in [0, 0.1) is 5.92 Å². The summed E-state index contributed by atoms with van der Waals surface area (Å²) >= 11 is 0. The monoisotopic (exact) mass is 329 g/mol. The van der Waals surface area contributed by atoms with Crippen LogP contribution in [-0.4, -0.2) is 43.7 Å². The predicted molar refractivity (Wildman–Crippen MR) is 96.8 cm³/mol. The highest BCUT2D eigenvalue weighted by molar-refractivity contribution is 5.94. The average Bonchev–Trinajstić information content (AvgIpc) is 3.02. The van der Waals surface area contributed by atoms with Gasteiger partial charge in [0.05, 0.1) is 5.56 Å². The molecular weight excluding hydrogens is 302 g/mol. The van der Waals surface area contributed by atoms with Crippen molar-refractivity contribution in [1.29, 1.82) is 0 Å². The summed E-state index contributed by atoms with van der Waals surface area (Å²) in [5, 5.41) is 2.95. The van der Waals surface area contributed by atoms with Gasteiger partial charge in [0.15, 0.2) is 0 Å². The summed E-state index contributed by atoms with van der Waals surface area (Å²) < 4.78 is 7.15. The summed E-state index contributed by atoms with van der Waals surface area (Å²) in [5.41, 5.74) is 1.82. The molecule has 0 radical (unpaired) electrons. The Balaban J connectivity index is 1.74. The van der Waals surface area contributed by atoms with E-state index in [1.807, 2.05) is 18.3 Å². The number of carbonyl (C=O) groups is 1. The van der Waals surface area contributed by atoms with Crippen LogP contribution in [0.4, 0.5) is 5.82 Å². The lowest BCUT2D eigenvalue weighted by molar-refractivity contribution is 0.0948. The quantitative estimate of drug-likeness (QED) is 0.829. The van der Waals surface area contributed by atoms with E-state index in [2.05, 4.69) is 33.7 Å². The molecule has 3 rings (SSSR count). The van der Waals surface area contributed by atoms with Crippen molar-refractivity contribution in [3.05, 3.63) is 36.0 Å². The number of pyridine rings is 1. The first-order chi connectivity index (χ1) is 11.7. The number of carbonyl (C=O) groups excluding carboxylic acids is 1. The standard InChI is InChI=1S/C19H27N3O2/c1-15-8-11-21(12-9-15)18-7-6-17-5-4-16(14-22(17)18)19(23)20-10-3-13-24-2/h4-7,14-15H,3,8-13H2,1-2H3,(H,20,23). The second-order valence-corrected chi connectivity index (χ2v) is 6.68. The van der Waals surface area contributed by atoms with Gasteiger partial charge in [-0.15, -0.1) is 0 Å². The molecule has 1 saturated heterocycles. The van der Waals surface area contributed by atoms with E-state index in [0.29, 0.717) is 18.7 Å². The van der Waals surface area contributed by atoms with Gasteiger partial charge in [0.2, 0.25) is 0 Å². The van der Waals surface area contributed by atoms with E-state index in [4.69, 9.17) is 4.74 Å². The molecule has 0 unspecified atom stereocenters. The molecule has 0 bridgehead atoms. The highest BCUT2D eigenvalue weighted by Gasteiger charge is 2.18. The van der Waals surface area contributed by atoms with Crippen molar-refractivity contribution in [2.24, 2.45) is 5.92 Å². The molecule has 0 atom stereocenters. The molecule has 130 valence electrons. The first-order valence-corrected chi connectivity index (χ1v) is 8.82. The van der Waals surface area contributed by atoms with Gasteiger partial charge in [-0.05, 0) is 49.4 Å². The van der Waals surface area contributed by atoms with E-state index in [0.717, 1.165) is 30.9 Å². The van der Waals surface area contributed by atoms with Crippen molar-refractivity contribution in [1.82, 2.24) is 9.72 Å². The van der Waals surface area contributed by atoms with Crippen molar-refractivity contribution in [3.63, 3.8) is 0 Å². The fourth-order valence-corrected chi connectivity index (χ4v) is 3.24. The van der Waals surface area contributed by atoms with Gasteiger partial charge in [-0.25, -0.2) is 0 Å². The fourth-order valence-electron chi connectivity index (χ4n) is 3.24. The molecule has 0 aliphatic carbocycles. The van der Waals surface area contributed by atoms with Crippen LogP contribution in [0.15, 0.2) is 30.5 Å². The summed E-state index contributed by atoms with van der Waals surface area (Å²) in [6, 6.07) is 8.18. The smallest absolute Gasteiger partial charge is 0.252 e. The van der Waals surface area contributed by atoms with Gasteiger partial charge in [-0.2, -0.15) is 0 Å². The molecule has 2 aromatic rings. The molecule has 1 aliphatic heterocycles. The van der Waals surface area contributed by atoms with E-state index < -0.39 is 0 Å². The first kappa shape index (κ1) is 16.8. The Hall–Kier alpha value is -2.01. The zero-order chi connectivity index (χ0) is 16.9. The Labute approximate surface area is 143 Å². The molecule has 1 amide bonds.